The van der Waals surface area contributed by atoms with Crippen LogP contribution < -0.4 is 10.6 Å². The first kappa shape index (κ1) is 42.1. The zero-order valence-electron chi connectivity index (χ0n) is 37.0. The maximum absolute atomic E-state index is 13.8. The molecule has 0 radical (unpaired) electrons. The Morgan fingerprint density at radius 2 is 1.19 bits per heavy atom. The van der Waals surface area contributed by atoms with Crippen LogP contribution in [0.15, 0.2) is 60.8 Å². The van der Waals surface area contributed by atoms with E-state index >= 15 is 0 Å². The molecule has 2 saturated heterocycles. The van der Waals surface area contributed by atoms with Crippen molar-refractivity contribution in [1.29, 1.82) is 0 Å². The van der Waals surface area contributed by atoms with Crippen LogP contribution in [0.3, 0.4) is 0 Å². The molecule has 2 aliphatic carbocycles. The zero-order chi connectivity index (χ0) is 44.1. The first-order valence-corrected chi connectivity index (χ1v) is 22.6. The minimum absolute atomic E-state index is 0.102. The highest BCUT2D eigenvalue weighted by Crippen LogP contribution is 2.58. The fraction of sp³-hybridized carbons (Fsp3) is 0.469. The third kappa shape index (κ3) is 7.82. The predicted molar refractivity (Wildman–Crippen MR) is 240 cm³/mol. The Balaban J connectivity index is 0.949. The molecule has 4 amide bonds. The maximum Gasteiger partial charge on any atom is 0.407 e. The summed E-state index contributed by atoms with van der Waals surface area (Å²) >= 11 is 0. The van der Waals surface area contributed by atoms with E-state index in [1.807, 2.05) is 43.7 Å². The van der Waals surface area contributed by atoms with E-state index in [-0.39, 0.29) is 35.7 Å². The summed E-state index contributed by atoms with van der Waals surface area (Å²) in [6, 6.07) is 18.0. The molecule has 6 unspecified atom stereocenters. The lowest BCUT2D eigenvalue weighted by Crippen LogP contribution is -2.51. The topological polar surface area (TPSA) is 175 Å². The van der Waals surface area contributed by atoms with Crippen LogP contribution in [0.1, 0.15) is 119 Å². The van der Waals surface area contributed by atoms with Crippen LogP contribution in [-0.4, -0.2) is 93.1 Å². The molecular formula is C49H58N8O6. The SMILES string of the molecule is COC(=O)NC(C(=O)N1CCCC1c1ncc(-c2ccc(-c3ccc(-c4ccc5nc(C6CCCN6C(=O)C(NC(=O)OC)C(C)C)[nH]c5c4)c4c3C3CCC4C3)cc2)[nH]1)C(C)C. The van der Waals surface area contributed by atoms with E-state index in [2.05, 4.69) is 75.2 Å². The van der Waals surface area contributed by atoms with Crippen LogP contribution in [0.4, 0.5) is 9.59 Å². The molecule has 4 heterocycles. The van der Waals surface area contributed by atoms with E-state index in [0.29, 0.717) is 24.9 Å². The summed E-state index contributed by atoms with van der Waals surface area (Å²) in [6.45, 7) is 8.88. The van der Waals surface area contributed by atoms with Crippen molar-refractivity contribution < 1.29 is 28.7 Å². The molecule has 4 aliphatic rings. The van der Waals surface area contributed by atoms with Gasteiger partial charge in [0.2, 0.25) is 11.8 Å². The fourth-order valence-corrected chi connectivity index (χ4v) is 10.7. The number of ether oxygens (including phenoxy) is 2. The van der Waals surface area contributed by atoms with Crippen LogP contribution in [0.25, 0.3) is 44.5 Å². The highest BCUT2D eigenvalue weighted by Gasteiger charge is 2.42. The number of likely N-dealkylation sites (tertiary alicyclic amines) is 2. The number of aromatic amines is 2. The number of fused-ring (bicyclic) bond motifs is 6. The van der Waals surface area contributed by atoms with Gasteiger partial charge in [0.05, 0.1) is 49.2 Å². The normalized spacial score (nSPS) is 21.3. The second kappa shape index (κ2) is 17.2. The molecule has 3 fully saturated rings. The number of nitrogens with zero attached hydrogens (tertiary/aromatic N) is 4. The molecule has 2 bridgehead atoms. The lowest BCUT2D eigenvalue weighted by molar-refractivity contribution is -0.136. The molecule has 9 rings (SSSR count). The largest absolute Gasteiger partial charge is 0.453 e. The number of imidazole rings is 2. The molecule has 5 aromatic rings. The van der Waals surface area contributed by atoms with Crippen LogP contribution in [0.2, 0.25) is 0 Å². The summed E-state index contributed by atoms with van der Waals surface area (Å²) in [4.78, 5) is 72.1. The molecule has 1 saturated carbocycles. The Morgan fingerprint density at radius 1 is 0.667 bits per heavy atom. The number of amides is 4. The van der Waals surface area contributed by atoms with Crippen molar-refractivity contribution in [2.24, 2.45) is 11.8 Å². The number of H-pyrrole nitrogens is 2. The molecule has 330 valence electrons. The standard InChI is InChI=1S/C49H58N8O6/c1-26(2)42(54-48(60)62-5)46(58)56-21-7-9-38(56)44-50-25-37(53-44)29-13-11-28(12-14-29)33-18-19-34(41-32-16-15-31(23-32)40(33)41)30-17-20-35-36(24-30)52-45(51-35)39-10-8-22-57(39)47(59)43(27(3)4)55-49(61)63-6/h11-14,17-20,24-27,31-32,38-39,42-43H,7-10,15-16,21-23H2,1-6H3,(H,50,53)(H,51,52)(H,54,60)(H,55,61). The highest BCUT2D eigenvalue weighted by atomic mass is 16.5. The van der Waals surface area contributed by atoms with Gasteiger partial charge in [0.1, 0.15) is 23.7 Å². The third-order valence-electron chi connectivity index (χ3n) is 13.9. The Kier molecular flexibility index (Phi) is 11.5. The zero-order valence-corrected chi connectivity index (χ0v) is 37.0. The summed E-state index contributed by atoms with van der Waals surface area (Å²) < 4.78 is 9.61. The first-order valence-electron chi connectivity index (χ1n) is 22.6. The predicted octanol–water partition coefficient (Wildman–Crippen LogP) is 8.74. The molecule has 14 nitrogen and oxygen atoms in total. The Bertz CT molecular complexity index is 2540. The van der Waals surface area contributed by atoms with Crippen LogP contribution >= 0.6 is 0 Å². The minimum Gasteiger partial charge on any atom is -0.453 e. The average molecular weight is 855 g/mol. The number of aromatic nitrogens is 4. The molecule has 63 heavy (non-hydrogen) atoms. The Labute approximate surface area is 367 Å². The molecule has 4 N–H and O–H groups in total. The average Bonchev–Trinajstić information content (AvgIpc) is 4.16. The number of benzene rings is 3. The van der Waals surface area contributed by atoms with Gasteiger partial charge >= 0.3 is 12.2 Å². The second-order valence-corrected chi connectivity index (χ2v) is 18.4. The molecule has 3 aromatic carbocycles. The smallest absolute Gasteiger partial charge is 0.407 e. The van der Waals surface area contributed by atoms with Crippen molar-refractivity contribution in [3.05, 3.63) is 83.6 Å². The molecular weight excluding hydrogens is 797 g/mol. The van der Waals surface area contributed by atoms with Crippen molar-refractivity contribution in [2.45, 2.75) is 109 Å². The lowest BCUT2D eigenvalue weighted by Gasteiger charge is -2.30. The fourth-order valence-electron chi connectivity index (χ4n) is 10.7. The number of hydrogen-bond donors (Lipinski definition) is 4. The van der Waals surface area contributed by atoms with Crippen molar-refractivity contribution in [2.75, 3.05) is 27.3 Å². The molecule has 2 aromatic heterocycles. The van der Waals surface area contributed by atoms with Gasteiger partial charge in [-0.2, -0.15) is 0 Å². The summed E-state index contributed by atoms with van der Waals surface area (Å²) in [5, 5.41) is 5.46. The highest BCUT2D eigenvalue weighted by molar-refractivity contribution is 5.89. The molecule has 0 spiro atoms. The number of alkyl carbamates (subject to hydrolysis) is 2. The maximum atomic E-state index is 13.8. The van der Waals surface area contributed by atoms with Crippen molar-refractivity contribution in [3.63, 3.8) is 0 Å². The number of methoxy groups -OCH3 is 2. The number of nitrogens with one attached hydrogen (secondary N) is 4. The van der Waals surface area contributed by atoms with Gasteiger partial charge in [0, 0.05) is 13.1 Å². The summed E-state index contributed by atoms with van der Waals surface area (Å²) in [5.41, 5.74) is 11.5. The minimum atomic E-state index is -0.687. The third-order valence-corrected chi connectivity index (χ3v) is 13.9. The van der Waals surface area contributed by atoms with Crippen LogP contribution in [-0.2, 0) is 19.1 Å². The monoisotopic (exact) mass is 854 g/mol. The summed E-state index contributed by atoms with van der Waals surface area (Å²) in [7, 11) is 2.61. The number of carbonyl (C=O) groups is 4. The summed E-state index contributed by atoms with van der Waals surface area (Å²) in [6.07, 6.45) is 7.49. The van der Waals surface area contributed by atoms with Crippen molar-refractivity contribution >= 4 is 35.0 Å². The van der Waals surface area contributed by atoms with E-state index in [0.717, 1.165) is 65.2 Å². The van der Waals surface area contributed by atoms with E-state index in [4.69, 9.17) is 19.4 Å². The second-order valence-electron chi connectivity index (χ2n) is 18.4. The van der Waals surface area contributed by atoms with Crippen LogP contribution in [0, 0.1) is 11.8 Å². The van der Waals surface area contributed by atoms with Gasteiger partial charge in [-0.3, -0.25) is 9.59 Å². The number of rotatable bonds is 11. The van der Waals surface area contributed by atoms with Crippen molar-refractivity contribution in [1.82, 2.24) is 40.4 Å². The molecule has 14 heteroatoms. The lowest BCUT2D eigenvalue weighted by atomic mass is 9.81. The van der Waals surface area contributed by atoms with Gasteiger partial charge < -0.3 is 39.9 Å². The van der Waals surface area contributed by atoms with Gasteiger partial charge in [-0.15, -0.1) is 0 Å². The number of carbonyl (C=O) groups excluding carboxylic acids is 4. The van der Waals surface area contributed by atoms with E-state index in [1.165, 1.54) is 61.3 Å². The quantitative estimate of drug-likeness (QED) is 0.102. The summed E-state index contributed by atoms with van der Waals surface area (Å²) in [5.74, 6) is 2.11. The van der Waals surface area contributed by atoms with Crippen LogP contribution in [0.5, 0.6) is 0 Å². The van der Waals surface area contributed by atoms with Gasteiger partial charge in [0.15, 0.2) is 0 Å². The molecule has 6 atom stereocenters. The van der Waals surface area contributed by atoms with E-state index in [9.17, 15) is 19.2 Å². The number of hydrogen-bond acceptors (Lipinski definition) is 8. The van der Waals surface area contributed by atoms with E-state index < -0.39 is 24.3 Å². The Hall–Kier alpha value is -6.18. The van der Waals surface area contributed by atoms with Gasteiger partial charge in [-0.05, 0) is 120 Å². The Morgan fingerprint density at radius 3 is 1.75 bits per heavy atom. The first-order chi connectivity index (χ1) is 30.4. The van der Waals surface area contributed by atoms with Gasteiger partial charge in [0.25, 0.3) is 0 Å². The van der Waals surface area contributed by atoms with E-state index in [1.54, 1.807) is 0 Å². The molecule has 2 aliphatic heterocycles. The van der Waals surface area contributed by atoms with Gasteiger partial charge in [-0.1, -0.05) is 70.2 Å². The van der Waals surface area contributed by atoms with Crippen molar-refractivity contribution in [3.8, 4) is 33.5 Å². The van der Waals surface area contributed by atoms with Gasteiger partial charge in [-0.25, -0.2) is 19.6 Å².